The number of para-hydroxylation sites is 1. The summed E-state index contributed by atoms with van der Waals surface area (Å²) < 4.78 is 46.4. The molecule has 0 saturated heterocycles. The van der Waals surface area contributed by atoms with Crippen LogP contribution in [0.2, 0.25) is 5.02 Å². The molecular weight excluding hydrogens is 420 g/mol. The summed E-state index contributed by atoms with van der Waals surface area (Å²) in [6.07, 6.45) is 1.32. The van der Waals surface area contributed by atoms with Gasteiger partial charge >= 0.3 is 0 Å². The van der Waals surface area contributed by atoms with Crippen LogP contribution in [0.5, 0.6) is 0 Å². The maximum Gasteiger partial charge on any atom is 0.295 e. The molecule has 2 heterocycles. The van der Waals surface area contributed by atoms with E-state index in [4.69, 9.17) is 16.0 Å². The van der Waals surface area contributed by atoms with Crippen LogP contribution in [0.1, 0.15) is 0 Å². The number of rotatable bonds is 5. The van der Waals surface area contributed by atoms with Gasteiger partial charge in [0.2, 0.25) is 5.09 Å². The van der Waals surface area contributed by atoms with Crippen LogP contribution in [0, 0.1) is 0 Å². The topological polar surface area (TPSA) is 95.3 Å². The summed E-state index contributed by atoms with van der Waals surface area (Å²) in [5, 5.41) is 0.650. The van der Waals surface area contributed by atoms with Crippen LogP contribution >= 0.6 is 11.6 Å². The molecule has 142 valence electrons. The molecule has 0 aliphatic rings. The molecule has 9 heteroatoms. The number of halogens is 1. The van der Waals surface area contributed by atoms with Gasteiger partial charge in [-0.3, -0.25) is 4.72 Å². The van der Waals surface area contributed by atoms with E-state index in [9.17, 15) is 13.0 Å². The van der Waals surface area contributed by atoms with E-state index in [1.807, 2.05) is 0 Å². The van der Waals surface area contributed by atoms with Gasteiger partial charge in [-0.1, -0.05) is 48.0 Å². The van der Waals surface area contributed by atoms with Crippen LogP contribution < -0.4 is 4.72 Å². The summed E-state index contributed by atoms with van der Waals surface area (Å²) in [7, 11) is -4.08. The fraction of sp³-hybridized carbons (Fsp3) is 0. The van der Waals surface area contributed by atoms with E-state index in [0.717, 1.165) is 0 Å². The number of nitrogens with one attached hydrogen (secondary N) is 1. The van der Waals surface area contributed by atoms with Gasteiger partial charge in [-0.25, -0.2) is 4.98 Å². The molecular formula is C19H13ClN2O4S2. The maximum atomic E-state index is 12.9. The van der Waals surface area contributed by atoms with Crippen molar-refractivity contribution in [1.29, 1.82) is 0 Å². The molecule has 0 aliphatic heterocycles. The molecule has 4 aromatic rings. The van der Waals surface area contributed by atoms with Crippen molar-refractivity contribution in [3.05, 3.63) is 77.9 Å². The maximum absolute atomic E-state index is 12.9. The minimum atomic E-state index is -4.08. The quantitative estimate of drug-likeness (QED) is 0.470. The van der Waals surface area contributed by atoms with Crippen molar-refractivity contribution in [2.24, 2.45) is 0 Å². The summed E-state index contributed by atoms with van der Waals surface area (Å²) in [5.74, 6) is 0. The van der Waals surface area contributed by atoms with Crippen molar-refractivity contribution < 1.29 is 17.4 Å². The molecule has 2 aromatic heterocycles. The normalized spacial score (nSPS) is 12.8. The van der Waals surface area contributed by atoms with Crippen LogP contribution in [0.15, 0.2) is 92.4 Å². The first-order valence-corrected chi connectivity index (χ1v) is 11.1. The van der Waals surface area contributed by atoms with E-state index in [0.29, 0.717) is 15.9 Å². The number of nitrogens with zero attached hydrogens (tertiary/aromatic N) is 1. The first-order valence-electron chi connectivity index (χ1n) is 8.08. The minimum Gasteiger partial charge on any atom is -0.605 e. The van der Waals surface area contributed by atoms with Crippen molar-refractivity contribution in [3.63, 3.8) is 0 Å². The lowest BCUT2D eigenvalue weighted by Gasteiger charge is -2.13. The lowest BCUT2D eigenvalue weighted by molar-refractivity contribution is 0.484. The molecule has 28 heavy (non-hydrogen) atoms. The van der Waals surface area contributed by atoms with Gasteiger partial charge in [-0.2, -0.15) is 8.42 Å². The first-order chi connectivity index (χ1) is 13.4. The number of benzene rings is 2. The Morgan fingerprint density at radius 1 is 1.04 bits per heavy atom. The van der Waals surface area contributed by atoms with Gasteiger partial charge in [0, 0.05) is 22.6 Å². The summed E-state index contributed by atoms with van der Waals surface area (Å²) in [5.41, 5.74) is 0.468. The van der Waals surface area contributed by atoms with Crippen molar-refractivity contribution in [2.45, 2.75) is 15.0 Å². The summed E-state index contributed by atoms with van der Waals surface area (Å²) in [6, 6.07) is 18.3. The molecule has 1 unspecified atom stereocenters. The Labute approximate surface area is 169 Å². The number of hydrogen-bond donors (Lipinski definition) is 1. The molecule has 0 saturated carbocycles. The van der Waals surface area contributed by atoms with E-state index in [-0.39, 0.29) is 20.8 Å². The third-order valence-electron chi connectivity index (χ3n) is 3.86. The van der Waals surface area contributed by atoms with E-state index >= 15 is 0 Å². The highest BCUT2D eigenvalue weighted by molar-refractivity contribution is 7.93. The van der Waals surface area contributed by atoms with Crippen LogP contribution in [0.4, 0.5) is 5.69 Å². The smallest absolute Gasteiger partial charge is 0.295 e. The van der Waals surface area contributed by atoms with Crippen LogP contribution in [0.25, 0.3) is 11.0 Å². The highest BCUT2D eigenvalue weighted by atomic mass is 35.5. The largest absolute Gasteiger partial charge is 0.605 e. The van der Waals surface area contributed by atoms with Gasteiger partial charge in [0.1, 0.15) is 11.3 Å². The van der Waals surface area contributed by atoms with Gasteiger partial charge in [-0.05, 0) is 24.3 Å². The average molecular weight is 433 g/mol. The molecule has 0 amide bonds. The molecule has 0 fully saturated rings. The molecule has 0 radical (unpaired) electrons. The fourth-order valence-corrected chi connectivity index (χ4v) is 4.92. The van der Waals surface area contributed by atoms with Gasteiger partial charge < -0.3 is 8.97 Å². The van der Waals surface area contributed by atoms with E-state index < -0.39 is 21.2 Å². The molecule has 0 spiro atoms. The van der Waals surface area contributed by atoms with Crippen LogP contribution in [0.3, 0.4) is 0 Å². The van der Waals surface area contributed by atoms with E-state index in [2.05, 4.69) is 9.71 Å². The second-order valence-electron chi connectivity index (χ2n) is 5.80. The van der Waals surface area contributed by atoms with E-state index in [1.54, 1.807) is 54.6 Å². The molecule has 1 N–H and O–H groups in total. The highest BCUT2D eigenvalue weighted by Crippen LogP contribution is 2.31. The first kappa shape index (κ1) is 18.8. The molecule has 0 bridgehead atoms. The van der Waals surface area contributed by atoms with Gasteiger partial charge in [0.15, 0.2) is 4.90 Å². The number of pyridine rings is 1. The zero-order valence-electron chi connectivity index (χ0n) is 14.2. The van der Waals surface area contributed by atoms with Crippen molar-refractivity contribution in [2.75, 3.05) is 4.72 Å². The van der Waals surface area contributed by atoms with Crippen LogP contribution in [-0.2, 0) is 21.2 Å². The average Bonchev–Trinajstić information content (AvgIpc) is 3.13. The Balaban J connectivity index is 1.73. The van der Waals surface area contributed by atoms with Crippen molar-refractivity contribution >= 4 is 49.5 Å². The Hall–Kier alpha value is -2.52. The van der Waals surface area contributed by atoms with Crippen molar-refractivity contribution in [1.82, 2.24) is 4.98 Å². The molecule has 2 aromatic carbocycles. The number of fused-ring (bicyclic) bond motifs is 1. The lowest BCUT2D eigenvalue weighted by atomic mass is 10.3. The number of furan rings is 1. The Morgan fingerprint density at radius 2 is 1.75 bits per heavy atom. The second kappa shape index (κ2) is 7.48. The lowest BCUT2D eigenvalue weighted by Crippen LogP contribution is -2.16. The Morgan fingerprint density at radius 3 is 2.50 bits per heavy atom. The summed E-state index contributed by atoms with van der Waals surface area (Å²) in [6.45, 7) is 0. The highest BCUT2D eigenvalue weighted by Gasteiger charge is 2.27. The standard InChI is InChI=1S/C19H13ClN2O4S2/c20-14-11-16(19(21-12-14)27(23)15-7-2-1-3-8-15)22-28(24,25)18-10-13-6-4-5-9-17(13)26-18/h1-12,22H. The Kier molecular flexibility index (Phi) is 5.03. The SMILES string of the molecule is O=S(=O)(Nc1cc(Cl)cnc1[S+]([O-])c1ccccc1)c1cc2ccccc2o1. The fourth-order valence-electron chi connectivity index (χ4n) is 2.59. The Bertz CT molecular complexity index is 1210. The van der Waals surface area contributed by atoms with E-state index in [1.165, 1.54) is 18.3 Å². The number of sulfonamides is 1. The zero-order chi connectivity index (χ0) is 19.7. The summed E-state index contributed by atoms with van der Waals surface area (Å²) >= 11 is 4.29. The number of anilines is 1. The van der Waals surface area contributed by atoms with Gasteiger partial charge in [0.05, 0.1) is 11.2 Å². The third kappa shape index (κ3) is 3.72. The minimum absolute atomic E-state index is 0.0233. The molecule has 0 aliphatic carbocycles. The molecule has 6 nitrogen and oxygen atoms in total. The second-order valence-corrected chi connectivity index (χ2v) is 9.24. The number of aromatic nitrogens is 1. The van der Waals surface area contributed by atoms with Gasteiger partial charge in [-0.15, -0.1) is 0 Å². The summed E-state index contributed by atoms with van der Waals surface area (Å²) in [4.78, 5) is 4.57. The van der Waals surface area contributed by atoms with Crippen LogP contribution in [-0.4, -0.2) is 18.0 Å². The number of hydrogen-bond acceptors (Lipinski definition) is 5. The predicted octanol–water partition coefficient (Wildman–Crippen LogP) is 4.45. The molecule has 1 atom stereocenters. The van der Waals surface area contributed by atoms with Gasteiger partial charge in [0.25, 0.3) is 15.0 Å². The van der Waals surface area contributed by atoms with Crippen molar-refractivity contribution in [3.8, 4) is 0 Å². The predicted molar refractivity (Wildman–Crippen MR) is 107 cm³/mol. The monoisotopic (exact) mass is 432 g/mol. The third-order valence-corrected chi connectivity index (χ3v) is 6.67. The molecule has 4 rings (SSSR count). The zero-order valence-corrected chi connectivity index (χ0v) is 16.6.